The molecule has 1 heteroatoms. The van der Waals surface area contributed by atoms with Crippen LogP contribution in [0.3, 0.4) is 0 Å². The topological polar surface area (TPSA) is 0 Å². The van der Waals surface area contributed by atoms with E-state index >= 15 is 0 Å². The summed E-state index contributed by atoms with van der Waals surface area (Å²) >= 11 is 1.81. The summed E-state index contributed by atoms with van der Waals surface area (Å²) in [6.45, 7) is 2.12. The third kappa shape index (κ3) is 1.54. The van der Waals surface area contributed by atoms with E-state index in [1.807, 2.05) is 11.3 Å². The number of benzene rings is 2. The molecule has 2 aromatic carbocycles. The van der Waals surface area contributed by atoms with Crippen LogP contribution in [0.2, 0.25) is 0 Å². The van der Waals surface area contributed by atoms with Gasteiger partial charge in [0.2, 0.25) is 0 Å². The van der Waals surface area contributed by atoms with Crippen molar-refractivity contribution in [2.45, 2.75) is 6.92 Å². The minimum Gasteiger partial charge on any atom is -0.143 e. The number of fused-ring (bicyclic) bond motifs is 1. The van der Waals surface area contributed by atoms with Crippen LogP contribution >= 0.6 is 11.3 Å². The summed E-state index contributed by atoms with van der Waals surface area (Å²) in [5, 5.41) is 3.60. The van der Waals surface area contributed by atoms with Gasteiger partial charge in [-0.25, -0.2) is 0 Å². The SMILES string of the molecule is Cc1ccc(-c2csc3ccccc23)cc1. The van der Waals surface area contributed by atoms with Crippen molar-refractivity contribution in [3.63, 3.8) is 0 Å². The Morgan fingerprint density at radius 2 is 1.62 bits per heavy atom. The first-order valence-electron chi connectivity index (χ1n) is 5.38. The molecule has 0 aliphatic carbocycles. The van der Waals surface area contributed by atoms with Crippen LogP contribution < -0.4 is 0 Å². The van der Waals surface area contributed by atoms with Gasteiger partial charge in [-0.3, -0.25) is 0 Å². The van der Waals surface area contributed by atoms with Gasteiger partial charge in [-0.15, -0.1) is 11.3 Å². The van der Waals surface area contributed by atoms with Crippen molar-refractivity contribution in [2.24, 2.45) is 0 Å². The molecule has 3 aromatic rings. The van der Waals surface area contributed by atoms with Crippen molar-refractivity contribution in [3.05, 3.63) is 59.5 Å². The molecule has 0 saturated carbocycles. The summed E-state index contributed by atoms with van der Waals surface area (Å²) in [7, 11) is 0. The average molecular weight is 224 g/mol. The fraction of sp³-hybridized carbons (Fsp3) is 0.0667. The Morgan fingerprint density at radius 3 is 2.44 bits per heavy atom. The first kappa shape index (κ1) is 9.61. The lowest BCUT2D eigenvalue weighted by molar-refractivity contribution is 1.47. The highest BCUT2D eigenvalue weighted by Crippen LogP contribution is 2.33. The molecule has 0 unspecified atom stereocenters. The lowest BCUT2D eigenvalue weighted by Gasteiger charge is -2.00. The van der Waals surface area contributed by atoms with E-state index in [-0.39, 0.29) is 0 Å². The molecule has 0 amide bonds. The predicted octanol–water partition coefficient (Wildman–Crippen LogP) is 4.88. The van der Waals surface area contributed by atoms with E-state index in [2.05, 4.69) is 60.8 Å². The molecule has 78 valence electrons. The van der Waals surface area contributed by atoms with Gasteiger partial charge in [0.15, 0.2) is 0 Å². The summed E-state index contributed by atoms with van der Waals surface area (Å²) in [5.74, 6) is 0. The van der Waals surface area contributed by atoms with Crippen LogP contribution in [-0.2, 0) is 0 Å². The van der Waals surface area contributed by atoms with Gasteiger partial charge in [0.1, 0.15) is 0 Å². The second-order valence-corrected chi connectivity index (χ2v) is 4.92. The van der Waals surface area contributed by atoms with E-state index in [1.165, 1.54) is 26.8 Å². The monoisotopic (exact) mass is 224 g/mol. The van der Waals surface area contributed by atoms with E-state index in [1.54, 1.807) is 0 Å². The molecule has 0 aliphatic rings. The molecule has 0 radical (unpaired) electrons. The van der Waals surface area contributed by atoms with Gasteiger partial charge >= 0.3 is 0 Å². The maximum atomic E-state index is 2.25. The zero-order valence-corrected chi connectivity index (χ0v) is 9.92. The third-order valence-electron chi connectivity index (χ3n) is 2.84. The lowest BCUT2D eigenvalue weighted by atomic mass is 10.0. The first-order valence-corrected chi connectivity index (χ1v) is 6.26. The van der Waals surface area contributed by atoms with E-state index in [4.69, 9.17) is 0 Å². The van der Waals surface area contributed by atoms with Gasteiger partial charge in [-0.1, -0.05) is 48.0 Å². The molecular weight excluding hydrogens is 212 g/mol. The summed E-state index contributed by atoms with van der Waals surface area (Å²) < 4.78 is 1.36. The van der Waals surface area contributed by atoms with Crippen LogP contribution in [0.5, 0.6) is 0 Å². The van der Waals surface area contributed by atoms with Crippen molar-refractivity contribution in [2.75, 3.05) is 0 Å². The highest BCUT2D eigenvalue weighted by atomic mass is 32.1. The second kappa shape index (κ2) is 3.76. The minimum atomic E-state index is 1.31. The lowest BCUT2D eigenvalue weighted by Crippen LogP contribution is -1.76. The van der Waals surface area contributed by atoms with Crippen LogP contribution in [0.4, 0.5) is 0 Å². The largest absolute Gasteiger partial charge is 0.143 e. The van der Waals surface area contributed by atoms with Gasteiger partial charge < -0.3 is 0 Å². The molecule has 0 bridgehead atoms. The maximum absolute atomic E-state index is 2.25. The van der Waals surface area contributed by atoms with E-state index in [0.29, 0.717) is 0 Å². The normalized spacial score (nSPS) is 10.8. The number of hydrogen-bond donors (Lipinski definition) is 0. The second-order valence-electron chi connectivity index (χ2n) is 4.01. The molecular formula is C15H12S. The Hall–Kier alpha value is -1.60. The van der Waals surface area contributed by atoms with Crippen molar-refractivity contribution in [3.8, 4) is 11.1 Å². The Morgan fingerprint density at radius 1 is 0.875 bits per heavy atom. The fourth-order valence-corrected chi connectivity index (χ4v) is 2.90. The molecule has 0 saturated heterocycles. The zero-order valence-electron chi connectivity index (χ0n) is 9.10. The van der Waals surface area contributed by atoms with Crippen molar-refractivity contribution >= 4 is 21.4 Å². The molecule has 1 aromatic heterocycles. The standard InChI is InChI=1S/C15H12S/c1-11-6-8-12(9-7-11)14-10-16-15-5-3-2-4-13(14)15/h2-10H,1H3. The predicted molar refractivity (Wildman–Crippen MR) is 72.0 cm³/mol. The van der Waals surface area contributed by atoms with Gasteiger partial charge in [-0.2, -0.15) is 0 Å². The van der Waals surface area contributed by atoms with Crippen molar-refractivity contribution in [1.82, 2.24) is 0 Å². The van der Waals surface area contributed by atoms with E-state index in [9.17, 15) is 0 Å². The average Bonchev–Trinajstić information content (AvgIpc) is 2.74. The van der Waals surface area contributed by atoms with E-state index < -0.39 is 0 Å². The van der Waals surface area contributed by atoms with Crippen molar-refractivity contribution in [1.29, 1.82) is 0 Å². The Kier molecular flexibility index (Phi) is 2.26. The van der Waals surface area contributed by atoms with Crippen LogP contribution in [-0.4, -0.2) is 0 Å². The molecule has 0 N–H and O–H groups in total. The smallest absolute Gasteiger partial charge is 0.0349 e. The molecule has 1 heterocycles. The van der Waals surface area contributed by atoms with Gasteiger partial charge in [0.05, 0.1) is 0 Å². The van der Waals surface area contributed by atoms with E-state index in [0.717, 1.165) is 0 Å². The zero-order chi connectivity index (χ0) is 11.0. The van der Waals surface area contributed by atoms with Gasteiger partial charge in [0.25, 0.3) is 0 Å². The van der Waals surface area contributed by atoms with Crippen LogP contribution in [0, 0.1) is 6.92 Å². The Balaban J connectivity index is 2.22. The number of aryl methyl sites for hydroxylation is 1. The molecule has 0 fully saturated rings. The maximum Gasteiger partial charge on any atom is 0.0349 e. The first-order chi connectivity index (χ1) is 7.84. The number of hydrogen-bond acceptors (Lipinski definition) is 1. The van der Waals surface area contributed by atoms with Crippen LogP contribution in [0.25, 0.3) is 21.2 Å². The van der Waals surface area contributed by atoms with Gasteiger partial charge in [0, 0.05) is 15.6 Å². The Bertz CT molecular complexity index is 617. The Labute approximate surface area is 99.2 Å². The highest BCUT2D eigenvalue weighted by Gasteiger charge is 2.04. The molecule has 0 aliphatic heterocycles. The number of thiophene rings is 1. The molecule has 0 nitrogen and oxygen atoms in total. The molecule has 0 spiro atoms. The molecule has 0 atom stereocenters. The molecule has 3 rings (SSSR count). The van der Waals surface area contributed by atoms with Gasteiger partial charge in [-0.05, 0) is 23.9 Å². The summed E-state index contributed by atoms with van der Waals surface area (Å²) in [6, 6.07) is 17.3. The summed E-state index contributed by atoms with van der Waals surface area (Å²) in [4.78, 5) is 0. The summed E-state index contributed by atoms with van der Waals surface area (Å²) in [5.41, 5.74) is 3.96. The number of rotatable bonds is 1. The minimum absolute atomic E-state index is 1.31. The highest BCUT2D eigenvalue weighted by molar-refractivity contribution is 7.17. The van der Waals surface area contributed by atoms with Crippen LogP contribution in [0.15, 0.2) is 53.9 Å². The van der Waals surface area contributed by atoms with Crippen LogP contribution in [0.1, 0.15) is 5.56 Å². The third-order valence-corrected chi connectivity index (χ3v) is 3.81. The van der Waals surface area contributed by atoms with Crippen molar-refractivity contribution < 1.29 is 0 Å². The molecule has 16 heavy (non-hydrogen) atoms. The fourth-order valence-electron chi connectivity index (χ4n) is 1.93. The summed E-state index contributed by atoms with van der Waals surface area (Å²) in [6.07, 6.45) is 0. The quantitative estimate of drug-likeness (QED) is 0.553.